The van der Waals surface area contributed by atoms with Gasteiger partial charge in [-0.15, -0.1) is 0 Å². The molecule has 0 spiro atoms. The number of pyridine rings is 1. The molecule has 1 aliphatic rings. The van der Waals surface area contributed by atoms with Crippen molar-refractivity contribution in [3.8, 4) is 0 Å². The fraction of sp³-hybridized carbons (Fsp3) is 0.643. The molecule has 2 heterocycles. The van der Waals surface area contributed by atoms with Crippen LogP contribution in [0, 0.1) is 12.8 Å². The van der Waals surface area contributed by atoms with Crippen LogP contribution in [0.3, 0.4) is 0 Å². The summed E-state index contributed by atoms with van der Waals surface area (Å²) in [5.41, 5.74) is 2.35. The molecule has 1 fully saturated rings. The molecular formula is C14H22N2O. The Labute approximate surface area is 104 Å². The van der Waals surface area contributed by atoms with E-state index in [0.29, 0.717) is 0 Å². The van der Waals surface area contributed by atoms with Gasteiger partial charge in [-0.25, -0.2) is 0 Å². The highest BCUT2D eigenvalue weighted by Gasteiger charge is 2.14. The lowest BCUT2D eigenvalue weighted by Gasteiger charge is -2.26. The van der Waals surface area contributed by atoms with Crippen molar-refractivity contribution < 1.29 is 4.74 Å². The van der Waals surface area contributed by atoms with E-state index in [4.69, 9.17) is 4.74 Å². The van der Waals surface area contributed by atoms with Crippen LogP contribution < -0.4 is 4.90 Å². The molecule has 3 heteroatoms. The largest absolute Gasteiger partial charge is 0.381 e. The monoisotopic (exact) mass is 234 g/mol. The number of ether oxygens (including phenoxy) is 1. The van der Waals surface area contributed by atoms with Crippen LogP contribution in [0.15, 0.2) is 18.3 Å². The molecule has 0 amide bonds. The van der Waals surface area contributed by atoms with Crippen LogP contribution in [0.25, 0.3) is 0 Å². The first kappa shape index (κ1) is 12.4. The third-order valence-electron chi connectivity index (χ3n) is 3.53. The molecule has 1 aromatic rings. The lowest BCUT2D eigenvalue weighted by atomic mass is 9.96. The molecule has 0 aliphatic carbocycles. The molecule has 0 saturated carbocycles. The van der Waals surface area contributed by atoms with Gasteiger partial charge in [-0.1, -0.05) is 0 Å². The van der Waals surface area contributed by atoms with Crippen LogP contribution in [0.2, 0.25) is 0 Å². The van der Waals surface area contributed by atoms with E-state index in [0.717, 1.165) is 31.4 Å². The highest BCUT2D eigenvalue weighted by molar-refractivity contribution is 5.45. The van der Waals surface area contributed by atoms with Gasteiger partial charge in [0, 0.05) is 44.4 Å². The molecule has 3 nitrogen and oxygen atoms in total. The minimum absolute atomic E-state index is 0.842. The van der Waals surface area contributed by atoms with Gasteiger partial charge in [-0.3, -0.25) is 4.98 Å². The summed E-state index contributed by atoms with van der Waals surface area (Å²) in [4.78, 5) is 6.55. The third-order valence-corrected chi connectivity index (χ3v) is 3.53. The molecule has 0 unspecified atom stereocenters. The van der Waals surface area contributed by atoms with Crippen LogP contribution in [0.4, 0.5) is 5.69 Å². The van der Waals surface area contributed by atoms with Crippen molar-refractivity contribution in [1.29, 1.82) is 0 Å². The summed E-state index contributed by atoms with van der Waals surface area (Å²) >= 11 is 0. The molecule has 1 saturated heterocycles. The first-order valence-electron chi connectivity index (χ1n) is 6.47. The highest BCUT2D eigenvalue weighted by Crippen LogP contribution is 2.20. The van der Waals surface area contributed by atoms with Crippen molar-refractivity contribution in [3.05, 3.63) is 24.0 Å². The number of aryl methyl sites for hydroxylation is 1. The molecule has 94 valence electrons. The molecule has 0 aromatic carbocycles. The van der Waals surface area contributed by atoms with Crippen LogP contribution in [0.1, 0.15) is 25.0 Å². The summed E-state index contributed by atoms with van der Waals surface area (Å²) in [6.45, 7) is 5.05. The van der Waals surface area contributed by atoms with E-state index in [1.54, 1.807) is 0 Å². The Morgan fingerprint density at radius 3 is 2.88 bits per heavy atom. The van der Waals surface area contributed by atoms with Gasteiger partial charge in [0.25, 0.3) is 0 Å². The van der Waals surface area contributed by atoms with Gasteiger partial charge < -0.3 is 9.64 Å². The van der Waals surface area contributed by atoms with Crippen molar-refractivity contribution in [1.82, 2.24) is 4.98 Å². The molecule has 0 radical (unpaired) electrons. The first-order valence-corrected chi connectivity index (χ1v) is 6.47. The van der Waals surface area contributed by atoms with Gasteiger partial charge in [0.15, 0.2) is 0 Å². The van der Waals surface area contributed by atoms with Gasteiger partial charge in [0.1, 0.15) is 0 Å². The predicted molar refractivity (Wildman–Crippen MR) is 70.4 cm³/mol. The molecule has 1 aromatic heterocycles. The second kappa shape index (κ2) is 6.01. The Kier molecular flexibility index (Phi) is 4.37. The summed E-state index contributed by atoms with van der Waals surface area (Å²) in [5, 5.41) is 0. The van der Waals surface area contributed by atoms with Crippen LogP contribution in [-0.2, 0) is 4.74 Å². The van der Waals surface area contributed by atoms with Crippen molar-refractivity contribution in [2.45, 2.75) is 26.2 Å². The van der Waals surface area contributed by atoms with Crippen molar-refractivity contribution in [2.75, 3.05) is 31.7 Å². The van der Waals surface area contributed by atoms with Gasteiger partial charge >= 0.3 is 0 Å². The zero-order chi connectivity index (χ0) is 12.1. The second-order valence-electron chi connectivity index (χ2n) is 4.92. The zero-order valence-corrected chi connectivity index (χ0v) is 10.9. The predicted octanol–water partition coefficient (Wildman–Crippen LogP) is 2.64. The highest BCUT2D eigenvalue weighted by atomic mass is 16.5. The molecule has 0 bridgehead atoms. The maximum absolute atomic E-state index is 5.39. The van der Waals surface area contributed by atoms with E-state index in [1.807, 2.05) is 13.1 Å². The summed E-state index contributed by atoms with van der Waals surface area (Å²) in [5.74, 6) is 0.842. The van der Waals surface area contributed by atoms with Crippen LogP contribution >= 0.6 is 0 Å². The minimum Gasteiger partial charge on any atom is -0.381 e. The van der Waals surface area contributed by atoms with Crippen LogP contribution in [0.5, 0.6) is 0 Å². The van der Waals surface area contributed by atoms with Crippen LogP contribution in [-0.4, -0.2) is 31.8 Å². The Balaban J connectivity index is 1.82. The number of aromatic nitrogens is 1. The Morgan fingerprint density at radius 1 is 1.41 bits per heavy atom. The lowest BCUT2D eigenvalue weighted by Crippen LogP contribution is -2.24. The van der Waals surface area contributed by atoms with Crippen molar-refractivity contribution in [2.24, 2.45) is 5.92 Å². The van der Waals surface area contributed by atoms with E-state index in [-0.39, 0.29) is 0 Å². The van der Waals surface area contributed by atoms with Crippen molar-refractivity contribution in [3.63, 3.8) is 0 Å². The normalized spacial score (nSPS) is 17.1. The Hall–Kier alpha value is -1.09. The lowest BCUT2D eigenvalue weighted by molar-refractivity contribution is 0.0645. The fourth-order valence-electron chi connectivity index (χ4n) is 2.31. The topological polar surface area (TPSA) is 25.4 Å². The van der Waals surface area contributed by atoms with E-state index >= 15 is 0 Å². The van der Waals surface area contributed by atoms with Crippen molar-refractivity contribution >= 4 is 5.69 Å². The molecular weight excluding hydrogens is 212 g/mol. The zero-order valence-electron chi connectivity index (χ0n) is 10.9. The summed E-state index contributed by atoms with van der Waals surface area (Å²) < 4.78 is 5.39. The second-order valence-corrected chi connectivity index (χ2v) is 4.92. The number of nitrogens with zero attached hydrogens (tertiary/aromatic N) is 2. The third kappa shape index (κ3) is 3.70. The SMILES string of the molecule is Cc1cc(N(C)CCC2CCOCC2)ccn1. The maximum atomic E-state index is 5.39. The fourth-order valence-corrected chi connectivity index (χ4v) is 2.31. The number of anilines is 1. The van der Waals surface area contributed by atoms with E-state index in [1.165, 1.54) is 24.9 Å². The maximum Gasteiger partial charge on any atom is 0.0468 e. The summed E-state index contributed by atoms with van der Waals surface area (Å²) in [6, 6.07) is 4.22. The van der Waals surface area contributed by atoms with E-state index in [9.17, 15) is 0 Å². The summed E-state index contributed by atoms with van der Waals surface area (Å²) in [7, 11) is 2.16. The number of hydrogen-bond donors (Lipinski definition) is 0. The Morgan fingerprint density at radius 2 is 2.18 bits per heavy atom. The van der Waals surface area contributed by atoms with Gasteiger partial charge in [-0.2, -0.15) is 0 Å². The number of rotatable bonds is 4. The van der Waals surface area contributed by atoms with Gasteiger partial charge in [0.2, 0.25) is 0 Å². The Bertz CT molecular complexity index is 348. The average molecular weight is 234 g/mol. The number of hydrogen-bond acceptors (Lipinski definition) is 3. The molecule has 0 atom stereocenters. The molecule has 1 aliphatic heterocycles. The standard InChI is InChI=1S/C14H22N2O/c1-12-11-14(3-7-15-12)16(2)8-4-13-5-9-17-10-6-13/h3,7,11,13H,4-6,8-10H2,1-2H3. The quantitative estimate of drug-likeness (QED) is 0.801. The average Bonchev–Trinajstić information content (AvgIpc) is 2.37. The molecule has 0 N–H and O–H groups in total. The van der Waals surface area contributed by atoms with E-state index in [2.05, 4.69) is 29.1 Å². The van der Waals surface area contributed by atoms with Gasteiger partial charge in [-0.05, 0) is 44.2 Å². The molecule has 17 heavy (non-hydrogen) atoms. The first-order chi connectivity index (χ1) is 8.25. The minimum atomic E-state index is 0.842. The summed E-state index contributed by atoms with van der Waals surface area (Å²) in [6.07, 6.45) is 5.60. The molecule has 2 rings (SSSR count). The van der Waals surface area contributed by atoms with Gasteiger partial charge in [0.05, 0.1) is 0 Å². The smallest absolute Gasteiger partial charge is 0.0468 e. The van der Waals surface area contributed by atoms with E-state index < -0.39 is 0 Å².